The van der Waals surface area contributed by atoms with Gasteiger partial charge in [0, 0.05) is 18.3 Å². The van der Waals surface area contributed by atoms with Crippen molar-refractivity contribution in [3.63, 3.8) is 0 Å². The van der Waals surface area contributed by atoms with Gasteiger partial charge in [-0.15, -0.1) is 0 Å². The lowest BCUT2D eigenvalue weighted by atomic mass is 9.55. The van der Waals surface area contributed by atoms with Crippen LogP contribution in [-0.2, 0) is 30.3 Å². The lowest BCUT2D eigenvalue weighted by Gasteiger charge is -2.58. The van der Waals surface area contributed by atoms with Crippen LogP contribution in [0.25, 0.3) is 0 Å². The summed E-state index contributed by atoms with van der Waals surface area (Å²) in [5.41, 5.74) is -0.713. The molecule has 46 heavy (non-hydrogen) atoms. The molecule has 244 valence electrons. The van der Waals surface area contributed by atoms with E-state index in [9.17, 15) is 19.8 Å². The Morgan fingerprint density at radius 2 is 1.91 bits per heavy atom. The van der Waals surface area contributed by atoms with Crippen molar-refractivity contribution in [2.75, 3.05) is 20.5 Å². The fourth-order valence-corrected chi connectivity index (χ4v) is 8.65. The van der Waals surface area contributed by atoms with Gasteiger partial charge in [0.2, 0.25) is 0 Å². The minimum Gasteiger partial charge on any atom is -0.504 e. The van der Waals surface area contributed by atoms with Crippen LogP contribution in [0, 0.1) is 21.3 Å². The number of phenols is 1. The van der Waals surface area contributed by atoms with Gasteiger partial charge < -0.3 is 33.9 Å². The second-order valence-electron chi connectivity index (χ2n) is 12.9. The minimum absolute atomic E-state index is 0.0542. The summed E-state index contributed by atoms with van der Waals surface area (Å²) in [6.45, 7) is 10.1. The molecule has 2 aromatic rings. The van der Waals surface area contributed by atoms with Gasteiger partial charge in [-0.1, -0.05) is 56.0 Å². The van der Waals surface area contributed by atoms with E-state index in [4.69, 9.17) is 23.7 Å². The van der Waals surface area contributed by atoms with Crippen molar-refractivity contribution in [3.8, 4) is 11.5 Å². The summed E-state index contributed by atoms with van der Waals surface area (Å²) < 4.78 is 31.2. The second-order valence-corrected chi connectivity index (χ2v) is 14.1. The summed E-state index contributed by atoms with van der Waals surface area (Å²) in [6.07, 6.45) is 3.76. The maximum atomic E-state index is 13.8. The molecule has 0 bridgehead atoms. The van der Waals surface area contributed by atoms with E-state index in [2.05, 4.69) is 13.5 Å². The standard InChI is InChI=1S/C36H39IO9/c1-20(2)35-15-22(4)36(45-18-23-9-7-6-8-10-23)26(32(35)44-19-46-35)12-24(16-34(41)29(36)11-21(3)31(34)39)17-43-33(40)25-13-27(37)30(38)28(14-25)42-5/h6-14,22,26,29,32,38,41H,1,15-19H2,2-5H3/t22-,26+,29-,32-,34-,35-,36-/m1/s1. The number of esters is 1. The van der Waals surface area contributed by atoms with E-state index in [0.29, 0.717) is 21.1 Å². The van der Waals surface area contributed by atoms with E-state index in [1.54, 1.807) is 6.92 Å². The lowest BCUT2D eigenvalue weighted by molar-refractivity contribution is -0.228. The lowest BCUT2D eigenvalue weighted by Crippen LogP contribution is -2.68. The highest BCUT2D eigenvalue weighted by atomic mass is 127. The van der Waals surface area contributed by atoms with E-state index in [1.165, 1.54) is 19.2 Å². The van der Waals surface area contributed by atoms with Crippen LogP contribution < -0.4 is 4.74 Å². The largest absolute Gasteiger partial charge is 0.504 e. The van der Waals surface area contributed by atoms with Gasteiger partial charge in [0.25, 0.3) is 0 Å². The van der Waals surface area contributed by atoms with Crippen molar-refractivity contribution < 1.29 is 43.5 Å². The van der Waals surface area contributed by atoms with Gasteiger partial charge in [-0.25, -0.2) is 4.79 Å². The number of carbonyl (C=O) groups is 2. The second kappa shape index (κ2) is 12.2. The van der Waals surface area contributed by atoms with Crippen LogP contribution in [-0.4, -0.2) is 65.4 Å². The number of ketones is 1. The molecule has 1 saturated heterocycles. The summed E-state index contributed by atoms with van der Waals surface area (Å²) >= 11 is 1.92. The summed E-state index contributed by atoms with van der Waals surface area (Å²) in [5.74, 6) is -2.37. The highest BCUT2D eigenvalue weighted by Crippen LogP contribution is 2.61. The molecule has 0 aromatic heterocycles. The number of phenolic OH excluding ortho intramolecular Hbond substituents is 1. The first kappa shape index (κ1) is 32.9. The highest BCUT2D eigenvalue weighted by molar-refractivity contribution is 14.1. The zero-order valence-corrected chi connectivity index (χ0v) is 28.5. The fraction of sp³-hybridized carbons (Fsp3) is 0.444. The molecule has 1 saturated carbocycles. The molecule has 0 amide bonds. The smallest absolute Gasteiger partial charge is 0.338 e. The van der Waals surface area contributed by atoms with Crippen LogP contribution in [0.4, 0.5) is 0 Å². The third-order valence-corrected chi connectivity index (χ3v) is 11.1. The number of rotatable bonds is 8. The van der Waals surface area contributed by atoms with Gasteiger partial charge >= 0.3 is 5.97 Å². The Bertz CT molecular complexity index is 1630. The molecule has 2 N–H and O–H groups in total. The fourth-order valence-electron chi connectivity index (χ4n) is 8.05. The Kier molecular flexibility index (Phi) is 8.73. The van der Waals surface area contributed by atoms with Crippen LogP contribution in [0.3, 0.4) is 0 Å². The molecule has 2 aromatic carbocycles. The van der Waals surface area contributed by atoms with Crippen molar-refractivity contribution in [1.82, 2.24) is 0 Å². The van der Waals surface area contributed by atoms with E-state index in [-0.39, 0.29) is 55.2 Å². The summed E-state index contributed by atoms with van der Waals surface area (Å²) in [5, 5.41) is 22.7. The SMILES string of the molecule is C=C(C)[C@]12C[C@@H](C)[C@@]3(OCc4ccccc4)[C@@H](C=C(COC(=O)c4cc(I)c(O)c(OC)c4)C[C@]4(O)C(=O)C(C)=C[C@@H]34)[C@H]1OCO2. The average Bonchev–Trinajstić information content (AvgIpc) is 3.53. The summed E-state index contributed by atoms with van der Waals surface area (Å²) in [4.78, 5) is 27.1. The van der Waals surface area contributed by atoms with Gasteiger partial charge in [-0.2, -0.15) is 0 Å². The third-order valence-electron chi connectivity index (χ3n) is 10.3. The van der Waals surface area contributed by atoms with Crippen LogP contribution in [0.5, 0.6) is 11.5 Å². The van der Waals surface area contributed by atoms with E-state index < -0.39 is 40.7 Å². The minimum atomic E-state index is -1.83. The van der Waals surface area contributed by atoms with Crippen molar-refractivity contribution in [2.24, 2.45) is 17.8 Å². The zero-order chi connectivity index (χ0) is 33.0. The first-order valence-corrected chi connectivity index (χ1v) is 16.4. The quantitative estimate of drug-likeness (QED) is 0.200. The monoisotopic (exact) mass is 742 g/mol. The number of hydrogen-bond acceptors (Lipinski definition) is 9. The number of Topliss-reactive ketones (excluding diaryl/α,β-unsaturated/α-hetero) is 1. The maximum Gasteiger partial charge on any atom is 0.338 e. The Morgan fingerprint density at radius 3 is 2.61 bits per heavy atom. The summed E-state index contributed by atoms with van der Waals surface area (Å²) in [7, 11) is 1.40. The summed E-state index contributed by atoms with van der Waals surface area (Å²) in [6, 6.07) is 12.7. The molecule has 9 nitrogen and oxygen atoms in total. The van der Waals surface area contributed by atoms with Crippen molar-refractivity contribution in [3.05, 3.63) is 92.6 Å². The highest BCUT2D eigenvalue weighted by Gasteiger charge is 2.70. The van der Waals surface area contributed by atoms with Crippen molar-refractivity contribution in [2.45, 2.75) is 63.1 Å². The average molecular weight is 743 g/mol. The molecular weight excluding hydrogens is 703 g/mol. The van der Waals surface area contributed by atoms with E-state index in [0.717, 1.165) is 11.1 Å². The maximum absolute atomic E-state index is 13.8. The van der Waals surface area contributed by atoms with Crippen molar-refractivity contribution >= 4 is 34.3 Å². The molecule has 0 unspecified atom stereocenters. The Labute approximate surface area is 282 Å². The molecule has 4 aliphatic rings. The van der Waals surface area contributed by atoms with Crippen LogP contribution in [0.2, 0.25) is 0 Å². The predicted octanol–water partition coefficient (Wildman–Crippen LogP) is 5.67. The number of aromatic hydroxyl groups is 1. The topological polar surface area (TPSA) is 121 Å². The molecular formula is C36H39IO9. The number of fused-ring (bicyclic) bond motifs is 5. The Balaban J connectivity index is 1.44. The number of benzene rings is 2. The van der Waals surface area contributed by atoms with Crippen molar-refractivity contribution in [1.29, 1.82) is 0 Å². The van der Waals surface area contributed by atoms with Gasteiger partial charge in [0.1, 0.15) is 30.7 Å². The van der Waals surface area contributed by atoms with Gasteiger partial charge in [0.15, 0.2) is 17.3 Å². The van der Waals surface area contributed by atoms with Gasteiger partial charge in [-0.3, -0.25) is 4.79 Å². The predicted molar refractivity (Wildman–Crippen MR) is 177 cm³/mol. The molecule has 7 atom stereocenters. The number of ether oxygens (including phenoxy) is 5. The van der Waals surface area contributed by atoms with Crippen LogP contribution in [0.15, 0.2) is 77.9 Å². The normalized spacial score (nSPS) is 33.2. The zero-order valence-electron chi connectivity index (χ0n) is 26.4. The Hall–Kier alpha value is -3.03. The third kappa shape index (κ3) is 5.13. The molecule has 1 aliphatic heterocycles. The molecule has 6 rings (SSSR count). The number of hydrogen-bond donors (Lipinski definition) is 2. The van der Waals surface area contributed by atoms with Gasteiger partial charge in [-0.05, 0) is 83.2 Å². The first-order chi connectivity index (χ1) is 21.9. The molecule has 10 heteroatoms. The van der Waals surface area contributed by atoms with Crippen LogP contribution in [0.1, 0.15) is 49.5 Å². The number of halogens is 1. The van der Waals surface area contributed by atoms with Gasteiger partial charge in [0.05, 0.1) is 28.5 Å². The van der Waals surface area contributed by atoms with Crippen LogP contribution >= 0.6 is 22.6 Å². The molecule has 0 radical (unpaired) electrons. The number of methoxy groups -OCH3 is 1. The van der Waals surface area contributed by atoms with E-state index >= 15 is 0 Å². The number of aliphatic hydroxyl groups is 1. The first-order valence-electron chi connectivity index (χ1n) is 15.4. The molecule has 1 heterocycles. The molecule has 0 spiro atoms. The van der Waals surface area contributed by atoms with E-state index in [1.807, 2.05) is 72.0 Å². The Morgan fingerprint density at radius 1 is 1.17 bits per heavy atom. The molecule has 2 fully saturated rings. The molecule has 3 aliphatic carbocycles. The number of carbonyl (C=O) groups excluding carboxylic acids is 2.